The molecule has 38 heavy (non-hydrogen) atoms. The summed E-state index contributed by atoms with van der Waals surface area (Å²) in [5.74, 6) is -3.67. The second-order valence-corrected chi connectivity index (χ2v) is 10.7. The van der Waals surface area contributed by atoms with Crippen LogP contribution >= 0.6 is 27.5 Å². The van der Waals surface area contributed by atoms with E-state index in [4.69, 9.17) is 30.5 Å². The van der Waals surface area contributed by atoms with E-state index in [0.29, 0.717) is 26.6 Å². The highest BCUT2D eigenvalue weighted by Crippen LogP contribution is 2.45. The van der Waals surface area contributed by atoms with Gasteiger partial charge in [0.2, 0.25) is 0 Å². The summed E-state index contributed by atoms with van der Waals surface area (Å²) in [7, 11) is 1.53. The number of para-hydroxylation sites is 1. The fraction of sp³-hybridized carbons (Fsp3) is 0.241. The molecule has 1 aromatic heterocycles. The Labute approximate surface area is 233 Å². The van der Waals surface area contributed by atoms with Crippen molar-refractivity contribution in [2.75, 3.05) is 7.11 Å². The second kappa shape index (κ2) is 10.3. The minimum Gasteiger partial charge on any atom is -0.493 e. The standard InChI is InChI=1S/C29H25BrClNO6/c1-29(2)37-27(33)25(28(34)38-29)24(20-14-32-22-7-5-4-6-19(20)22)17-12-21(30)26(23(13-17)35-3)36-15-16-8-10-18(31)11-9-16/h4-14,24-25,32H,15H2,1-3H3/t24-/m1/s1. The summed E-state index contributed by atoms with van der Waals surface area (Å²) in [4.78, 5) is 29.7. The first-order chi connectivity index (χ1) is 18.2. The first kappa shape index (κ1) is 26.1. The number of rotatable bonds is 7. The van der Waals surface area contributed by atoms with Gasteiger partial charge < -0.3 is 23.9 Å². The molecule has 1 N–H and O–H groups in total. The number of esters is 2. The van der Waals surface area contributed by atoms with Crippen molar-refractivity contribution in [3.05, 3.63) is 93.0 Å². The van der Waals surface area contributed by atoms with E-state index in [1.54, 1.807) is 24.4 Å². The lowest BCUT2D eigenvalue weighted by Gasteiger charge is -2.36. The number of halogens is 2. The molecule has 1 aliphatic heterocycles. The maximum absolute atomic E-state index is 13.2. The Kier molecular flexibility index (Phi) is 7.11. The normalized spacial score (nSPS) is 16.1. The molecule has 2 heterocycles. The van der Waals surface area contributed by atoms with Crippen molar-refractivity contribution in [2.24, 2.45) is 5.92 Å². The molecular weight excluding hydrogens is 574 g/mol. The van der Waals surface area contributed by atoms with Gasteiger partial charge in [-0.25, -0.2) is 0 Å². The minimum absolute atomic E-state index is 0.285. The molecule has 0 bridgehead atoms. The number of hydrogen-bond acceptors (Lipinski definition) is 6. The van der Waals surface area contributed by atoms with Gasteiger partial charge in [-0.1, -0.05) is 41.9 Å². The van der Waals surface area contributed by atoms with Crippen LogP contribution in [0.5, 0.6) is 11.5 Å². The van der Waals surface area contributed by atoms with Gasteiger partial charge in [-0.3, -0.25) is 9.59 Å². The van der Waals surface area contributed by atoms with Gasteiger partial charge in [0, 0.05) is 41.9 Å². The maximum atomic E-state index is 13.2. The number of aromatic amines is 1. The molecule has 1 fully saturated rings. The monoisotopic (exact) mass is 597 g/mol. The molecule has 0 radical (unpaired) electrons. The minimum atomic E-state index is -1.34. The van der Waals surface area contributed by atoms with Crippen LogP contribution < -0.4 is 9.47 Å². The Balaban J connectivity index is 1.59. The predicted octanol–water partition coefficient (Wildman–Crippen LogP) is 6.76. The van der Waals surface area contributed by atoms with Crippen LogP contribution in [-0.4, -0.2) is 29.8 Å². The van der Waals surface area contributed by atoms with Crippen LogP contribution in [0.4, 0.5) is 0 Å². The van der Waals surface area contributed by atoms with E-state index in [-0.39, 0.29) is 6.61 Å². The number of nitrogens with one attached hydrogen (secondary N) is 1. The summed E-state index contributed by atoms with van der Waals surface area (Å²) < 4.78 is 23.4. The van der Waals surface area contributed by atoms with Crippen LogP contribution in [0.15, 0.2) is 71.3 Å². The first-order valence-corrected chi connectivity index (χ1v) is 13.1. The van der Waals surface area contributed by atoms with E-state index in [1.807, 2.05) is 42.5 Å². The largest absolute Gasteiger partial charge is 0.493 e. The highest BCUT2D eigenvalue weighted by atomic mass is 79.9. The summed E-state index contributed by atoms with van der Waals surface area (Å²) in [5.41, 5.74) is 3.21. The van der Waals surface area contributed by atoms with Crippen LogP contribution in [0.2, 0.25) is 5.02 Å². The number of ether oxygens (including phenoxy) is 4. The SMILES string of the molecule is COc1cc([C@H](c2c[nH]c3ccccc23)C2C(=O)OC(C)(C)OC2=O)cc(Br)c1OCc1ccc(Cl)cc1. The molecule has 3 aromatic carbocycles. The van der Waals surface area contributed by atoms with E-state index >= 15 is 0 Å². The van der Waals surface area contributed by atoms with Gasteiger partial charge in [-0.2, -0.15) is 0 Å². The topological polar surface area (TPSA) is 86.9 Å². The third-order valence-corrected chi connectivity index (χ3v) is 7.24. The fourth-order valence-electron chi connectivity index (χ4n) is 4.70. The molecule has 1 atom stereocenters. The van der Waals surface area contributed by atoms with Gasteiger partial charge >= 0.3 is 11.9 Å². The van der Waals surface area contributed by atoms with Crippen molar-refractivity contribution in [2.45, 2.75) is 32.2 Å². The highest BCUT2D eigenvalue weighted by Gasteiger charge is 2.49. The second-order valence-electron chi connectivity index (χ2n) is 9.44. The molecule has 0 aliphatic carbocycles. The number of methoxy groups -OCH3 is 1. The van der Waals surface area contributed by atoms with Crippen molar-refractivity contribution >= 4 is 50.4 Å². The number of cyclic esters (lactones) is 2. The van der Waals surface area contributed by atoms with E-state index in [0.717, 1.165) is 22.0 Å². The summed E-state index contributed by atoms with van der Waals surface area (Å²) in [5, 5.41) is 1.52. The van der Waals surface area contributed by atoms with E-state index in [2.05, 4.69) is 20.9 Å². The Morgan fingerprint density at radius 2 is 1.74 bits per heavy atom. The third-order valence-electron chi connectivity index (χ3n) is 6.40. The van der Waals surface area contributed by atoms with Crippen LogP contribution in [0, 0.1) is 5.92 Å². The molecule has 0 amide bonds. The molecule has 7 nitrogen and oxygen atoms in total. The van der Waals surface area contributed by atoms with Crippen LogP contribution in [0.3, 0.4) is 0 Å². The summed E-state index contributed by atoms with van der Waals surface area (Å²) in [6.45, 7) is 3.35. The smallest absolute Gasteiger partial charge is 0.324 e. The zero-order chi connectivity index (χ0) is 27.0. The third kappa shape index (κ3) is 5.11. The molecule has 9 heteroatoms. The average molecular weight is 599 g/mol. The Morgan fingerprint density at radius 1 is 1.05 bits per heavy atom. The molecule has 196 valence electrons. The fourth-order valence-corrected chi connectivity index (χ4v) is 5.40. The number of benzene rings is 3. The van der Waals surface area contributed by atoms with Crippen molar-refractivity contribution in [1.82, 2.24) is 4.98 Å². The van der Waals surface area contributed by atoms with Gasteiger partial charge in [0.05, 0.1) is 11.6 Å². The lowest BCUT2D eigenvalue weighted by molar-refractivity contribution is -0.240. The first-order valence-electron chi connectivity index (χ1n) is 11.9. The predicted molar refractivity (Wildman–Crippen MR) is 146 cm³/mol. The Hall–Kier alpha value is -3.49. The van der Waals surface area contributed by atoms with Crippen LogP contribution in [0.25, 0.3) is 10.9 Å². The van der Waals surface area contributed by atoms with E-state index in [1.165, 1.54) is 21.0 Å². The lowest BCUT2D eigenvalue weighted by atomic mass is 9.80. The van der Waals surface area contributed by atoms with Gasteiger partial charge in [0.15, 0.2) is 17.4 Å². The van der Waals surface area contributed by atoms with Crippen LogP contribution in [-0.2, 0) is 25.7 Å². The zero-order valence-corrected chi connectivity index (χ0v) is 23.3. The molecule has 1 saturated heterocycles. The number of carbonyl (C=O) groups excluding carboxylic acids is 2. The Morgan fingerprint density at radius 3 is 2.42 bits per heavy atom. The number of aromatic nitrogens is 1. The summed E-state index contributed by atoms with van der Waals surface area (Å²) in [6, 6.07) is 18.6. The number of hydrogen-bond donors (Lipinski definition) is 1. The van der Waals surface area contributed by atoms with Crippen molar-refractivity contribution < 1.29 is 28.5 Å². The molecule has 0 spiro atoms. The number of H-pyrrole nitrogens is 1. The lowest BCUT2D eigenvalue weighted by Crippen LogP contribution is -2.48. The van der Waals surface area contributed by atoms with Crippen molar-refractivity contribution in [3.8, 4) is 11.5 Å². The van der Waals surface area contributed by atoms with E-state index in [9.17, 15) is 9.59 Å². The maximum Gasteiger partial charge on any atom is 0.324 e. The zero-order valence-electron chi connectivity index (χ0n) is 20.9. The van der Waals surface area contributed by atoms with E-state index < -0.39 is 29.6 Å². The van der Waals surface area contributed by atoms with Crippen molar-refractivity contribution in [3.63, 3.8) is 0 Å². The highest BCUT2D eigenvalue weighted by molar-refractivity contribution is 9.10. The van der Waals surface area contributed by atoms with Gasteiger partial charge in [-0.15, -0.1) is 0 Å². The molecule has 4 aromatic rings. The molecule has 5 rings (SSSR count). The molecule has 1 aliphatic rings. The molecule has 0 saturated carbocycles. The van der Waals surface area contributed by atoms with Crippen LogP contribution in [0.1, 0.15) is 36.5 Å². The summed E-state index contributed by atoms with van der Waals surface area (Å²) >= 11 is 9.60. The van der Waals surface area contributed by atoms with Gasteiger partial charge in [-0.05, 0) is 63.0 Å². The molecular formula is C29H25BrClNO6. The number of carbonyl (C=O) groups is 2. The Bertz CT molecular complexity index is 1490. The molecule has 0 unspecified atom stereocenters. The van der Waals surface area contributed by atoms with Crippen molar-refractivity contribution in [1.29, 1.82) is 0 Å². The van der Waals surface area contributed by atoms with Gasteiger partial charge in [0.25, 0.3) is 5.79 Å². The summed E-state index contributed by atoms with van der Waals surface area (Å²) in [6.07, 6.45) is 1.81. The number of fused-ring (bicyclic) bond motifs is 1. The van der Waals surface area contributed by atoms with Gasteiger partial charge in [0.1, 0.15) is 6.61 Å². The average Bonchev–Trinajstić information content (AvgIpc) is 3.29. The quantitative estimate of drug-likeness (QED) is 0.187.